The van der Waals surface area contributed by atoms with Crippen LogP contribution in [-0.2, 0) is 0 Å². The van der Waals surface area contributed by atoms with Crippen molar-refractivity contribution in [2.24, 2.45) is 10.7 Å². The van der Waals surface area contributed by atoms with Crippen LogP contribution in [0.2, 0.25) is 0 Å². The van der Waals surface area contributed by atoms with Crippen molar-refractivity contribution in [3.05, 3.63) is 53.8 Å². The molecule has 0 aromatic heterocycles. The van der Waals surface area contributed by atoms with E-state index in [1.54, 1.807) is 19.2 Å². The Morgan fingerprint density at radius 2 is 1.81 bits per heavy atom. The lowest BCUT2D eigenvalue weighted by molar-refractivity contribution is 0.349. The van der Waals surface area contributed by atoms with Gasteiger partial charge in [-0.3, -0.25) is 0 Å². The third kappa shape index (κ3) is 4.78. The molecule has 2 aromatic rings. The molecule has 0 radical (unpaired) electrons. The van der Waals surface area contributed by atoms with Gasteiger partial charge in [0.05, 0.1) is 20.3 Å². The zero-order valence-corrected chi connectivity index (χ0v) is 17.1. The van der Waals surface area contributed by atoms with Crippen LogP contribution in [0.5, 0.6) is 11.5 Å². The van der Waals surface area contributed by atoms with Gasteiger partial charge in [0.15, 0.2) is 17.5 Å². The predicted molar refractivity (Wildman–Crippen MR) is 112 cm³/mol. The molecule has 0 unspecified atom stereocenters. The number of hydrogen-bond donors (Lipinski definition) is 2. The maximum atomic E-state index is 13.8. The number of rotatable bonds is 5. The predicted octanol–water partition coefficient (Wildman–Crippen LogP) is 4.13. The van der Waals surface area contributed by atoms with Gasteiger partial charge in [0.25, 0.3) is 0 Å². The monoisotopic (exact) mass is 471 g/mol. The third-order valence-electron chi connectivity index (χ3n) is 4.44. The minimum Gasteiger partial charge on any atom is -0.497 e. The van der Waals surface area contributed by atoms with Gasteiger partial charge in [-0.1, -0.05) is 6.07 Å². The Bertz CT molecular complexity index is 762. The summed E-state index contributed by atoms with van der Waals surface area (Å²) in [7, 11) is 3.09. The lowest BCUT2D eigenvalue weighted by Crippen LogP contribution is -2.31. The summed E-state index contributed by atoms with van der Waals surface area (Å²) < 4.78 is 23.8. The van der Waals surface area contributed by atoms with Gasteiger partial charge in [-0.15, -0.1) is 24.0 Å². The van der Waals surface area contributed by atoms with Crippen LogP contribution in [0.4, 0.5) is 10.1 Å². The first-order valence-electron chi connectivity index (χ1n) is 8.17. The van der Waals surface area contributed by atoms with Crippen molar-refractivity contribution in [3.8, 4) is 11.5 Å². The summed E-state index contributed by atoms with van der Waals surface area (Å²) in [4.78, 5) is 4.49. The van der Waals surface area contributed by atoms with E-state index < -0.39 is 0 Å². The summed E-state index contributed by atoms with van der Waals surface area (Å²) in [6.45, 7) is 0. The number of benzene rings is 2. The summed E-state index contributed by atoms with van der Waals surface area (Å²) in [6.07, 6.45) is 1.72. The van der Waals surface area contributed by atoms with E-state index >= 15 is 0 Å². The number of ether oxygens (including phenoxy) is 2. The normalized spacial score (nSPS) is 19.1. The molecule has 1 aliphatic rings. The van der Waals surface area contributed by atoms with Crippen LogP contribution in [0.3, 0.4) is 0 Å². The summed E-state index contributed by atoms with van der Waals surface area (Å²) >= 11 is 0. The third-order valence-corrected chi connectivity index (χ3v) is 4.44. The van der Waals surface area contributed by atoms with Gasteiger partial charge in [-0.2, -0.15) is 0 Å². The number of nitrogens with two attached hydrogens (primary N) is 1. The molecule has 2 aromatic carbocycles. The quantitative estimate of drug-likeness (QED) is 0.391. The van der Waals surface area contributed by atoms with Crippen molar-refractivity contribution in [1.29, 1.82) is 0 Å². The molecule has 0 atom stereocenters. The number of hydrogen-bond acceptors (Lipinski definition) is 3. The molecule has 0 amide bonds. The van der Waals surface area contributed by atoms with Gasteiger partial charge in [0.1, 0.15) is 5.75 Å². The van der Waals surface area contributed by atoms with Crippen molar-refractivity contribution >= 4 is 35.6 Å². The number of guanidine groups is 1. The highest BCUT2D eigenvalue weighted by Gasteiger charge is 2.30. The second-order valence-electron chi connectivity index (χ2n) is 6.08. The van der Waals surface area contributed by atoms with E-state index in [-0.39, 0.29) is 41.6 Å². The van der Waals surface area contributed by atoms with E-state index in [9.17, 15) is 4.39 Å². The topological polar surface area (TPSA) is 68.9 Å². The van der Waals surface area contributed by atoms with E-state index in [0.717, 1.165) is 29.8 Å². The largest absolute Gasteiger partial charge is 0.497 e. The number of halogens is 2. The SMILES string of the molecule is COc1ccc(NC(N)=NC2CC(c3ccc(OC)c(F)c3)C2)cc1.I. The van der Waals surface area contributed by atoms with Crippen LogP contribution in [0.1, 0.15) is 24.3 Å². The first kappa shape index (κ1) is 20.3. The second-order valence-corrected chi connectivity index (χ2v) is 6.08. The lowest BCUT2D eigenvalue weighted by Gasteiger charge is -2.33. The smallest absolute Gasteiger partial charge is 0.193 e. The lowest BCUT2D eigenvalue weighted by atomic mass is 9.76. The van der Waals surface area contributed by atoms with Gasteiger partial charge >= 0.3 is 0 Å². The van der Waals surface area contributed by atoms with Gasteiger partial charge in [0.2, 0.25) is 0 Å². The number of methoxy groups -OCH3 is 2. The number of aliphatic imine (C=N–C) groups is 1. The Morgan fingerprint density at radius 3 is 2.38 bits per heavy atom. The Balaban J connectivity index is 0.00000243. The van der Waals surface area contributed by atoms with Crippen molar-refractivity contribution in [2.45, 2.75) is 24.8 Å². The average Bonchev–Trinajstić information content (AvgIpc) is 2.58. The molecule has 1 saturated carbocycles. The van der Waals surface area contributed by atoms with Crippen molar-refractivity contribution in [3.63, 3.8) is 0 Å². The minimum absolute atomic E-state index is 0. The molecule has 1 fully saturated rings. The summed E-state index contributed by atoms with van der Waals surface area (Å²) in [5.74, 6) is 1.42. The molecule has 0 aliphatic heterocycles. The second kappa shape index (κ2) is 9.07. The van der Waals surface area contributed by atoms with Crippen LogP contribution in [0.15, 0.2) is 47.5 Å². The summed E-state index contributed by atoms with van der Waals surface area (Å²) in [5, 5.41) is 3.07. The fourth-order valence-corrected chi connectivity index (χ4v) is 2.95. The highest BCUT2D eigenvalue weighted by Crippen LogP contribution is 2.39. The van der Waals surface area contributed by atoms with Crippen LogP contribution in [-0.4, -0.2) is 26.2 Å². The first-order chi connectivity index (χ1) is 12.1. The molecule has 0 bridgehead atoms. The van der Waals surface area contributed by atoms with E-state index in [1.807, 2.05) is 30.3 Å². The highest BCUT2D eigenvalue weighted by molar-refractivity contribution is 14.0. The van der Waals surface area contributed by atoms with Crippen molar-refractivity contribution < 1.29 is 13.9 Å². The number of nitrogens with one attached hydrogen (secondary N) is 1. The molecule has 0 heterocycles. The minimum atomic E-state index is -0.326. The number of anilines is 1. The van der Waals surface area contributed by atoms with Crippen molar-refractivity contribution in [1.82, 2.24) is 0 Å². The molecule has 1 aliphatic carbocycles. The molecule has 0 saturated heterocycles. The van der Waals surface area contributed by atoms with E-state index in [1.165, 1.54) is 7.11 Å². The van der Waals surface area contributed by atoms with Crippen LogP contribution in [0.25, 0.3) is 0 Å². The molecule has 140 valence electrons. The zero-order chi connectivity index (χ0) is 17.8. The molecule has 3 rings (SSSR count). The van der Waals surface area contributed by atoms with Crippen LogP contribution >= 0.6 is 24.0 Å². The average molecular weight is 471 g/mol. The van der Waals surface area contributed by atoms with Gasteiger partial charge in [-0.05, 0) is 60.7 Å². The fourth-order valence-electron chi connectivity index (χ4n) is 2.95. The van der Waals surface area contributed by atoms with Gasteiger partial charge in [-0.25, -0.2) is 9.38 Å². The molecule has 3 N–H and O–H groups in total. The van der Waals surface area contributed by atoms with Crippen LogP contribution < -0.4 is 20.5 Å². The Kier molecular flexibility index (Phi) is 7.07. The Labute approximate surface area is 169 Å². The fraction of sp³-hybridized carbons (Fsp3) is 0.316. The Morgan fingerprint density at radius 1 is 1.12 bits per heavy atom. The van der Waals surface area contributed by atoms with Crippen LogP contribution in [0, 0.1) is 5.82 Å². The summed E-state index contributed by atoms with van der Waals surface area (Å²) in [6, 6.07) is 12.7. The maximum Gasteiger partial charge on any atom is 0.193 e. The number of nitrogens with zero attached hydrogens (tertiary/aromatic N) is 1. The molecule has 7 heteroatoms. The molecular formula is C19H23FIN3O2. The van der Waals surface area contributed by atoms with Gasteiger partial charge in [0, 0.05) is 5.69 Å². The standard InChI is InChI=1S/C19H22FN3O2.HI/c1-24-16-6-4-14(5-7-16)22-19(21)23-15-9-13(10-15)12-3-8-18(25-2)17(20)11-12;/h3-8,11,13,15H,9-10H2,1-2H3,(H3,21,22,23);1H. The van der Waals surface area contributed by atoms with E-state index in [4.69, 9.17) is 15.2 Å². The van der Waals surface area contributed by atoms with E-state index in [0.29, 0.717) is 11.9 Å². The molecule has 26 heavy (non-hydrogen) atoms. The molecule has 0 spiro atoms. The maximum absolute atomic E-state index is 13.8. The Hall–Kier alpha value is -2.03. The first-order valence-corrected chi connectivity index (χ1v) is 8.17. The summed E-state index contributed by atoms with van der Waals surface area (Å²) in [5.41, 5.74) is 7.80. The van der Waals surface area contributed by atoms with E-state index in [2.05, 4.69) is 10.3 Å². The van der Waals surface area contributed by atoms with Crippen molar-refractivity contribution in [2.75, 3.05) is 19.5 Å². The molecule has 5 nitrogen and oxygen atoms in total. The zero-order valence-electron chi connectivity index (χ0n) is 14.7. The van der Waals surface area contributed by atoms with Gasteiger partial charge < -0.3 is 20.5 Å². The highest BCUT2D eigenvalue weighted by atomic mass is 127. The molecular weight excluding hydrogens is 448 g/mol.